The molecule has 0 saturated carbocycles. The Bertz CT molecular complexity index is 634. The Hall–Kier alpha value is -1.88. The number of para-hydroxylation sites is 2. The van der Waals surface area contributed by atoms with Crippen LogP contribution in [0.3, 0.4) is 0 Å². The Kier molecular flexibility index (Phi) is 5.55. The maximum atomic E-state index is 12.4. The fourth-order valence-corrected chi connectivity index (χ4v) is 2.59. The van der Waals surface area contributed by atoms with Crippen molar-refractivity contribution in [2.75, 3.05) is 20.7 Å². The second-order valence-corrected chi connectivity index (χ2v) is 5.72. The Morgan fingerprint density at radius 2 is 2.05 bits per heavy atom. The van der Waals surface area contributed by atoms with Gasteiger partial charge in [-0.15, -0.1) is 0 Å². The van der Waals surface area contributed by atoms with Gasteiger partial charge in [-0.1, -0.05) is 26.0 Å². The minimum absolute atomic E-state index is 0.174. The van der Waals surface area contributed by atoms with Crippen LogP contribution in [0.5, 0.6) is 0 Å². The summed E-state index contributed by atoms with van der Waals surface area (Å²) in [7, 11) is 4.00. The minimum Gasteiger partial charge on any atom is -0.464 e. The highest BCUT2D eigenvalue weighted by Gasteiger charge is 2.25. The predicted octanol–water partition coefficient (Wildman–Crippen LogP) is 3.00. The van der Waals surface area contributed by atoms with E-state index in [0.29, 0.717) is 19.6 Å². The SMILES string of the molecule is CCCOC(=O)C(CC)n1c(CN(C)C)nc2ccccc21. The molecule has 0 spiro atoms. The van der Waals surface area contributed by atoms with Gasteiger partial charge in [0.15, 0.2) is 0 Å². The number of nitrogens with zero attached hydrogens (tertiary/aromatic N) is 3. The highest BCUT2D eigenvalue weighted by molar-refractivity contribution is 5.81. The number of carbonyl (C=O) groups is 1. The number of aromatic nitrogens is 2. The molecule has 1 aromatic carbocycles. The van der Waals surface area contributed by atoms with Crippen LogP contribution >= 0.6 is 0 Å². The van der Waals surface area contributed by atoms with E-state index in [1.807, 2.05) is 56.8 Å². The third kappa shape index (κ3) is 3.47. The van der Waals surface area contributed by atoms with Crippen LogP contribution in [0.1, 0.15) is 38.6 Å². The lowest BCUT2D eigenvalue weighted by Crippen LogP contribution is -2.25. The maximum absolute atomic E-state index is 12.4. The first-order chi connectivity index (χ1) is 10.6. The van der Waals surface area contributed by atoms with Crippen LogP contribution in [0.2, 0.25) is 0 Å². The lowest BCUT2D eigenvalue weighted by atomic mass is 10.2. The summed E-state index contributed by atoms with van der Waals surface area (Å²) in [6.45, 7) is 5.15. The maximum Gasteiger partial charge on any atom is 0.329 e. The third-order valence-electron chi connectivity index (χ3n) is 3.55. The molecule has 0 bridgehead atoms. The summed E-state index contributed by atoms with van der Waals surface area (Å²) in [4.78, 5) is 19.2. The lowest BCUT2D eigenvalue weighted by molar-refractivity contribution is -0.147. The molecule has 22 heavy (non-hydrogen) atoms. The van der Waals surface area contributed by atoms with Gasteiger partial charge in [0, 0.05) is 0 Å². The van der Waals surface area contributed by atoms with Crippen molar-refractivity contribution in [2.24, 2.45) is 0 Å². The molecule has 0 fully saturated rings. The van der Waals surface area contributed by atoms with Crippen LogP contribution in [0.4, 0.5) is 0 Å². The normalized spacial score (nSPS) is 12.8. The molecular weight excluding hydrogens is 278 g/mol. The molecule has 5 heteroatoms. The summed E-state index contributed by atoms with van der Waals surface area (Å²) >= 11 is 0. The van der Waals surface area contributed by atoms with E-state index < -0.39 is 0 Å². The number of fused-ring (bicyclic) bond motifs is 1. The zero-order chi connectivity index (χ0) is 16.1. The molecular formula is C17H25N3O2. The first-order valence-electron chi connectivity index (χ1n) is 7.85. The van der Waals surface area contributed by atoms with E-state index in [-0.39, 0.29) is 12.0 Å². The number of hydrogen-bond donors (Lipinski definition) is 0. The van der Waals surface area contributed by atoms with Gasteiger partial charge in [0.25, 0.3) is 0 Å². The van der Waals surface area contributed by atoms with Crippen LogP contribution in [0.25, 0.3) is 11.0 Å². The number of rotatable bonds is 7. The number of benzene rings is 1. The summed E-state index contributed by atoms with van der Waals surface area (Å²) in [6, 6.07) is 7.61. The zero-order valence-electron chi connectivity index (χ0n) is 13.9. The number of ether oxygens (including phenoxy) is 1. The molecule has 0 aliphatic rings. The second-order valence-electron chi connectivity index (χ2n) is 5.72. The van der Waals surface area contributed by atoms with E-state index in [9.17, 15) is 4.79 Å². The summed E-state index contributed by atoms with van der Waals surface area (Å²) < 4.78 is 7.41. The van der Waals surface area contributed by atoms with Gasteiger partial charge in [0.05, 0.1) is 24.2 Å². The standard InChI is InChI=1S/C17H25N3O2/c1-5-11-22-17(21)14(6-2)20-15-10-8-7-9-13(15)18-16(20)12-19(3)4/h7-10,14H,5-6,11-12H2,1-4H3. The molecule has 0 N–H and O–H groups in total. The molecule has 1 atom stereocenters. The van der Waals surface area contributed by atoms with Gasteiger partial charge in [-0.3, -0.25) is 0 Å². The molecule has 2 aromatic rings. The summed E-state index contributed by atoms with van der Waals surface area (Å²) in [6.07, 6.45) is 1.51. The fourth-order valence-electron chi connectivity index (χ4n) is 2.59. The number of esters is 1. The fraction of sp³-hybridized carbons (Fsp3) is 0.529. The largest absolute Gasteiger partial charge is 0.464 e. The molecule has 0 aliphatic carbocycles. The highest BCUT2D eigenvalue weighted by atomic mass is 16.5. The minimum atomic E-state index is -0.325. The lowest BCUT2D eigenvalue weighted by Gasteiger charge is -2.20. The quantitative estimate of drug-likeness (QED) is 0.738. The predicted molar refractivity (Wildman–Crippen MR) is 87.7 cm³/mol. The van der Waals surface area contributed by atoms with Crippen LogP contribution in [-0.2, 0) is 16.1 Å². The Balaban J connectivity index is 2.47. The first-order valence-corrected chi connectivity index (χ1v) is 7.85. The van der Waals surface area contributed by atoms with Crippen LogP contribution in [0, 0.1) is 0 Å². The van der Waals surface area contributed by atoms with Crippen molar-refractivity contribution in [3.8, 4) is 0 Å². The van der Waals surface area contributed by atoms with E-state index in [0.717, 1.165) is 23.3 Å². The van der Waals surface area contributed by atoms with Crippen LogP contribution < -0.4 is 0 Å². The molecule has 0 radical (unpaired) electrons. The van der Waals surface area contributed by atoms with Crippen molar-refractivity contribution < 1.29 is 9.53 Å². The van der Waals surface area contributed by atoms with Gasteiger partial charge in [-0.05, 0) is 39.1 Å². The monoisotopic (exact) mass is 303 g/mol. The van der Waals surface area contributed by atoms with Crippen molar-refractivity contribution in [1.29, 1.82) is 0 Å². The zero-order valence-corrected chi connectivity index (χ0v) is 13.9. The van der Waals surface area contributed by atoms with Gasteiger partial charge >= 0.3 is 5.97 Å². The van der Waals surface area contributed by atoms with Crippen molar-refractivity contribution in [3.63, 3.8) is 0 Å². The molecule has 2 rings (SSSR count). The van der Waals surface area contributed by atoms with E-state index in [4.69, 9.17) is 9.72 Å². The van der Waals surface area contributed by atoms with Crippen molar-refractivity contribution in [3.05, 3.63) is 30.1 Å². The van der Waals surface area contributed by atoms with E-state index >= 15 is 0 Å². The third-order valence-corrected chi connectivity index (χ3v) is 3.55. The van der Waals surface area contributed by atoms with Gasteiger partial charge in [-0.2, -0.15) is 0 Å². The molecule has 1 aromatic heterocycles. The van der Waals surface area contributed by atoms with Crippen molar-refractivity contribution >= 4 is 17.0 Å². The Morgan fingerprint density at radius 1 is 1.32 bits per heavy atom. The number of imidazole rings is 1. The average Bonchev–Trinajstić information content (AvgIpc) is 2.83. The molecule has 0 aliphatic heterocycles. The van der Waals surface area contributed by atoms with Crippen LogP contribution in [-0.4, -0.2) is 41.1 Å². The highest BCUT2D eigenvalue weighted by Crippen LogP contribution is 2.25. The average molecular weight is 303 g/mol. The Morgan fingerprint density at radius 3 is 2.68 bits per heavy atom. The molecule has 5 nitrogen and oxygen atoms in total. The second kappa shape index (κ2) is 7.40. The molecule has 0 saturated heterocycles. The van der Waals surface area contributed by atoms with E-state index in [1.165, 1.54) is 0 Å². The molecule has 0 amide bonds. The number of carbonyl (C=O) groups excluding carboxylic acids is 1. The van der Waals surface area contributed by atoms with Crippen LogP contribution in [0.15, 0.2) is 24.3 Å². The molecule has 1 heterocycles. The van der Waals surface area contributed by atoms with Crippen molar-refractivity contribution in [1.82, 2.24) is 14.5 Å². The van der Waals surface area contributed by atoms with Gasteiger partial charge < -0.3 is 14.2 Å². The smallest absolute Gasteiger partial charge is 0.329 e. The number of hydrogen-bond acceptors (Lipinski definition) is 4. The van der Waals surface area contributed by atoms with E-state index in [1.54, 1.807) is 0 Å². The Labute approximate surface area is 131 Å². The summed E-state index contributed by atoms with van der Waals surface area (Å²) in [5.74, 6) is 0.721. The topological polar surface area (TPSA) is 47.4 Å². The molecule has 1 unspecified atom stereocenters. The van der Waals surface area contributed by atoms with Gasteiger partial charge in [-0.25, -0.2) is 9.78 Å². The van der Waals surface area contributed by atoms with E-state index in [2.05, 4.69) is 4.90 Å². The molecule has 120 valence electrons. The summed E-state index contributed by atoms with van der Waals surface area (Å²) in [5.41, 5.74) is 1.90. The van der Waals surface area contributed by atoms with Gasteiger partial charge in [0.1, 0.15) is 11.9 Å². The summed E-state index contributed by atoms with van der Waals surface area (Å²) in [5, 5.41) is 0. The van der Waals surface area contributed by atoms with Gasteiger partial charge in [0.2, 0.25) is 0 Å². The first kappa shape index (κ1) is 16.5. The van der Waals surface area contributed by atoms with Crippen molar-refractivity contribution in [2.45, 2.75) is 39.3 Å².